The highest BCUT2D eigenvalue weighted by Gasteiger charge is 2.29. The van der Waals surface area contributed by atoms with Gasteiger partial charge < -0.3 is 4.90 Å². The van der Waals surface area contributed by atoms with Crippen LogP contribution in [0.1, 0.15) is 54.9 Å². The molecule has 0 N–H and O–H groups in total. The van der Waals surface area contributed by atoms with E-state index in [4.69, 9.17) is 0 Å². The lowest BCUT2D eigenvalue weighted by Gasteiger charge is -2.37. The van der Waals surface area contributed by atoms with Gasteiger partial charge in [0.1, 0.15) is 0 Å². The third-order valence-corrected chi connectivity index (χ3v) is 6.15. The van der Waals surface area contributed by atoms with E-state index in [2.05, 4.69) is 4.98 Å². The van der Waals surface area contributed by atoms with Crippen molar-refractivity contribution in [2.75, 3.05) is 4.90 Å². The highest BCUT2D eigenvalue weighted by atomic mass is 19.1. The maximum Gasteiger partial charge on any atom is 0.226 e. The molecule has 1 saturated carbocycles. The van der Waals surface area contributed by atoms with Gasteiger partial charge in [0.25, 0.3) is 0 Å². The summed E-state index contributed by atoms with van der Waals surface area (Å²) in [5.41, 5.74) is 4.04. The maximum absolute atomic E-state index is 13.6. The first kappa shape index (κ1) is 21.9. The SMILES string of the molecule is CCC(=O)N(c1ccc(-c2ccc(C(=O)CCc3cccnc3F)cc2)cc1)C1CCC1. The Hall–Kier alpha value is -3.34. The summed E-state index contributed by atoms with van der Waals surface area (Å²) in [6.07, 6.45) is 5.78. The molecule has 0 bridgehead atoms. The Morgan fingerprint density at radius 1 is 1.00 bits per heavy atom. The van der Waals surface area contributed by atoms with E-state index in [0.29, 0.717) is 30.0 Å². The van der Waals surface area contributed by atoms with E-state index < -0.39 is 5.95 Å². The summed E-state index contributed by atoms with van der Waals surface area (Å²) in [5.74, 6) is -0.378. The number of benzene rings is 2. The third-order valence-electron chi connectivity index (χ3n) is 6.15. The molecule has 164 valence electrons. The molecule has 0 saturated heterocycles. The summed E-state index contributed by atoms with van der Waals surface area (Å²) in [6, 6.07) is 19.2. The molecular weight excluding hydrogens is 403 g/mol. The smallest absolute Gasteiger partial charge is 0.226 e. The lowest BCUT2D eigenvalue weighted by Crippen LogP contribution is -2.44. The van der Waals surface area contributed by atoms with Gasteiger partial charge in [-0.2, -0.15) is 4.39 Å². The molecule has 0 spiro atoms. The molecule has 1 aliphatic rings. The molecule has 0 atom stereocenters. The van der Waals surface area contributed by atoms with Crippen molar-refractivity contribution in [1.82, 2.24) is 4.98 Å². The largest absolute Gasteiger partial charge is 0.309 e. The molecule has 4 nitrogen and oxygen atoms in total. The van der Waals surface area contributed by atoms with Gasteiger partial charge in [0.05, 0.1) is 0 Å². The summed E-state index contributed by atoms with van der Waals surface area (Å²) in [4.78, 5) is 30.5. The number of anilines is 1. The molecule has 3 aromatic rings. The van der Waals surface area contributed by atoms with Crippen molar-refractivity contribution in [3.05, 3.63) is 83.9 Å². The predicted octanol–water partition coefficient (Wildman–Crippen LogP) is 6.00. The van der Waals surface area contributed by atoms with Crippen molar-refractivity contribution >= 4 is 17.4 Å². The van der Waals surface area contributed by atoms with Crippen molar-refractivity contribution in [1.29, 1.82) is 0 Å². The first-order valence-corrected chi connectivity index (χ1v) is 11.2. The first-order chi connectivity index (χ1) is 15.6. The van der Waals surface area contributed by atoms with Gasteiger partial charge in [-0.3, -0.25) is 9.59 Å². The second kappa shape index (κ2) is 9.86. The van der Waals surface area contributed by atoms with Crippen molar-refractivity contribution < 1.29 is 14.0 Å². The summed E-state index contributed by atoms with van der Waals surface area (Å²) < 4.78 is 13.6. The molecule has 1 fully saturated rings. The van der Waals surface area contributed by atoms with Gasteiger partial charge in [0.15, 0.2) is 5.78 Å². The van der Waals surface area contributed by atoms with Gasteiger partial charge in [-0.05, 0) is 55.0 Å². The van der Waals surface area contributed by atoms with Crippen LogP contribution in [0, 0.1) is 5.95 Å². The Kier molecular flexibility index (Phi) is 6.74. The van der Waals surface area contributed by atoms with Gasteiger partial charge in [-0.1, -0.05) is 49.4 Å². The molecule has 32 heavy (non-hydrogen) atoms. The van der Waals surface area contributed by atoms with Crippen LogP contribution in [0.25, 0.3) is 11.1 Å². The molecule has 1 heterocycles. The van der Waals surface area contributed by atoms with Crippen LogP contribution >= 0.6 is 0 Å². The molecular formula is C27H27FN2O2. The molecule has 1 amide bonds. The zero-order valence-electron chi connectivity index (χ0n) is 18.3. The summed E-state index contributed by atoms with van der Waals surface area (Å²) >= 11 is 0. The number of nitrogens with zero attached hydrogens (tertiary/aromatic N) is 2. The van der Waals surface area contributed by atoms with Crippen molar-refractivity contribution in [3.63, 3.8) is 0 Å². The zero-order valence-corrected chi connectivity index (χ0v) is 18.3. The third kappa shape index (κ3) is 4.77. The molecule has 1 aliphatic carbocycles. The Morgan fingerprint density at radius 3 is 2.22 bits per heavy atom. The maximum atomic E-state index is 13.6. The number of amides is 1. The van der Waals surface area contributed by atoms with Crippen LogP contribution in [0.4, 0.5) is 10.1 Å². The minimum absolute atomic E-state index is 0.0237. The van der Waals surface area contributed by atoms with Crippen LogP contribution in [-0.4, -0.2) is 22.7 Å². The quantitative estimate of drug-likeness (QED) is 0.325. The van der Waals surface area contributed by atoms with Crippen molar-refractivity contribution in [3.8, 4) is 11.1 Å². The standard InChI is InChI=1S/C27H27FN2O2/c1-2-26(32)30(23-6-3-7-23)24-15-12-20(13-16-24)19-8-10-21(11-9-19)25(31)17-14-22-5-4-18-29-27(22)28/h4-5,8-13,15-16,18,23H,2-3,6-7,14,17H2,1H3. The van der Waals surface area contributed by atoms with Gasteiger partial charge in [0.2, 0.25) is 11.9 Å². The highest BCUT2D eigenvalue weighted by Crippen LogP contribution is 2.32. The number of rotatable bonds is 8. The monoisotopic (exact) mass is 430 g/mol. The number of hydrogen-bond acceptors (Lipinski definition) is 3. The molecule has 5 heteroatoms. The Bertz CT molecular complexity index is 1090. The molecule has 0 aliphatic heterocycles. The van der Waals surface area contributed by atoms with Crippen LogP contribution in [0.15, 0.2) is 66.9 Å². The molecule has 2 aromatic carbocycles. The number of aromatic nitrogens is 1. The number of carbonyl (C=O) groups is 2. The van der Waals surface area contributed by atoms with Crippen LogP contribution < -0.4 is 4.90 Å². The van der Waals surface area contributed by atoms with Crippen LogP contribution in [0.5, 0.6) is 0 Å². The molecule has 0 unspecified atom stereocenters. The van der Waals surface area contributed by atoms with Gasteiger partial charge in [-0.15, -0.1) is 0 Å². The number of carbonyl (C=O) groups excluding carboxylic acids is 2. The topological polar surface area (TPSA) is 50.3 Å². The van der Waals surface area contributed by atoms with Crippen molar-refractivity contribution in [2.45, 2.75) is 51.5 Å². The van der Waals surface area contributed by atoms with E-state index in [1.807, 2.05) is 60.4 Å². The van der Waals surface area contributed by atoms with Gasteiger partial charge in [-0.25, -0.2) is 4.98 Å². The number of ketones is 1. The van der Waals surface area contributed by atoms with E-state index in [9.17, 15) is 14.0 Å². The highest BCUT2D eigenvalue weighted by molar-refractivity contribution is 5.97. The zero-order chi connectivity index (χ0) is 22.5. The number of aryl methyl sites for hydroxylation is 1. The average molecular weight is 431 g/mol. The van der Waals surface area contributed by atoms with Gasteiger partial charge in [0, 0.05) is 41.9 Å². The van der Waals surface area contributed by atoms with Gasteiger partial charge >= 0.3 is 0 Å². The molecule has 1 aromatic heterocycles. The lowest BCUT2D eigenvalue weighted by atomic mass is 9.90. The summed E-state index contributed by atoms with van der Waals surface area (Å²) in [6.45, 7) is 1.90. The fourth-order valence-electron chi connectivity index (χ4n) is 4.04. The minimum Gasteiger partial charge on any atom is -0.309 e. The van der Waals surface area contributed by atoms with E-state index >= 15 is 0 Å². The Morgan fingerprint density at radius 2 is 1.66 bits per heavy atom. The Balaban J connectivity index is 1.42. The Labute approximate surface area is 188 Å². The second-order valence-corrected chi connectivity index (χ2v) is 8.20. The first-order valence-electron chi connectivity index (χ1n) is 11.2. The van der Waals surface area contributed by atoms with Crippen LogP contribution in [0.3, 0.4) is 0 Å². The molecule has 4 rings (SSSR count). The fraction of sp³-hybridized carbons (Fsp3) is 0.296. The lowest BCUT2D eigenvalue weighted by molar-refractivity contribution is -0.119. The number of halogens is 1. The van der Waals surface area contributed by atoms with E-state index in [0.717, 1.165) is 29.7 Å². The van der Waals surface area contributed by atoms with E-state index in [-0.39, 0.29) is 18.1 Å². The van der Waals surface area contributed by atoms with E-state index in [1.54, 1.807) is 12.1 Å². The normalized spacial score (nSPS) is 13.4. The molecule has 0 radical (unpaired) electrons. The minimum atomic E-state index is -0.518. The number of pyridine rings is 1. The fourth-order valence-corrected chi connectivity index (χ4v) is 4.04. The van der Waals surface area contributed by atoms with Crippen molar-refractivity contribution in [2.24, 2.45) is 0 Å². The average Bonchev–Trinajstić information content (AvgIpc) is 2.80. The summed E-state index contributed by atoms with van der Waals surface area (Å²) in [7, 11) is 0. The van der Waals surface area contributed by atoms with Crippen LogP contribution in [-0.2, 0) is 11.2 Å². The van der Waals surface area contributed by atoms with E-state index in [1.165, 1.54) is 12.6 Å². The number of Topliss-reactive ketones (excluding diaryl/α,β-unsaturated/α-hetero) is 1. The second-order valence-electron chi connectivity index (χ2n) is 8.20. The predicted molar refractivity (Wildman–Crippen MR) is 124 cm³/mol. The number of hydrogen-bond donors (Lipinski definition) is 0. The van der Waals surface area contributed by atoms with Crippen LogP contribution in [0.2, 0.25) is 0 Å². The summed E-state index contributed by atoms with van der Waals surface area (Å²) in [5, 5.41) is 0.